The van der Waals surface area contributed by atoms with Gasteiger partial charge in [-0.3, -0.25) is 4.79 Å². The topological polar surface area (TPSA) is 37.3 Å². The predicted molar refractivity (Wildman–Crippen MR) is 95.9 cm³/mol. The summed E-state index contributed by atoms with van der Waals surface area (Å²) in [5, 5.41) is 8.45. The number of carboxylic acids is 1. The van der Waals surface area contributed by atoms with Gasteiger partial charge in [-0.2, -0.15) is 0 Å². The van der Waals surface area contributed by atoms with E-state index in [-0.39, 0.29) is 6.42 Å². The van der Waals surface area contributed by atoms with Crippen molar-refractivity contribution in [2.45, 2.75) is 45.4 Å². The fraction of sp³-hybridized carbons (Fsp3) is 0.350. The minimum atomic E-state index is -0.787. The molecule has 0 unspecified atom stereocenters. The van der Waals surface area contributed by atoms with Gasteiger partial charge >= 0.3 is 5.97 Å². The van der Waals surface area contributed by atoms with E-state index in [9.17, 15) is 4.79 Å². The van der Waals surface area contributed by atoms with Crippen LogP contribution in [0, 0.1) is 0 Å². The third-order valence-electron chi connectivity index (χ3n) is 2.72. The molecule has 0 spiro atoms. The third-order valence-corrected chi connectivity index (χ3v) is 2.72. The summed E-state index contributed by atoms with van der Waals surface area (Å²) in [5.74, 6) is -0.787. The Hall–Kier alpha value is -2.09. The molecule has 2 heteroatoms. The summed E-state index contributed by atoms with van der Waals surface area (Å²) in [6.07, 6.45) is 29.7. The lowest BCUT2D eigenvalue weighted by molar-refractivity contribution is -0.136. The Morgan fingerprint density at radius 2 is 0.955 bits per heavy atom. The van der Waals surface area contributed by atoms with Gasteiger partial charge in [-0.25, -0.2) is 0 Å². The number of allylic oxidation sites excluding steroid dienone is 11. The van der Waals surface area contributed by atoms with Gasteiger partial charge in [0.2, 0.25) is 0 Å². The molecule has 0 rings (SSSR count). The van der Waals surface area contributed by atoms with Crippen molar-refractivity contribution in [1.82, 2.24) is 0 Å². The Kier molecular flexibility index (Phi) is 15.4. The molecule has 0 aliphatic heterocycles. The zero-order valence-electron chi connectivity index (χ0n) is 13.5. The summed E-state index contributed by atoms with van der Waals surface area (Å²) in [4.78, 5) is 10.3. The van der Waals surface area contributed by atoms with Crippen molar-refractivity contribution in [3.05, 3.63) is 72.9 Å². The molecule has 0 aromatic rings. The molecule has 0 atom stereocenters. The first-order valence-electron chi connectivity index (χ1n) is 7.85. The van der Waals surface area contributed by atoms with E-state index in [1.807, 2.05) is 19.1 Å². The smallest absolute Gasteiger partial charge is 0.307 e. The Balaban J connectivity index is 3.52. The fourth-order valence-corrected chi connectivity index (χ4v) is 1.58. The number of carboxylic acid groups (broad SMARTS) is 1. The fourth-order valence-electron chi connectivity index (χ4n) is 1.58. The van der Waals surface area contributed by atoms with Crippen LogP contribution in [0.2, 0.25) is 0 Å². The van der Waals surface area contributed by atoms with Crippen LogP contribution in [-0.2, 0) is 4.79 Å². The van der Waals surface area contributed by atoms with Crippen LogP contribution in [-0.4, -0.2) is 11.1 Å². The summed E-state index contributed by atoms with van der Waals surface area (Å²) in [6, 6.07) is 0. The van der Waals surface area contributed by atoms with Crippen molar-refractivity contribution in [2.24, 2.45) is 0 Å². The molecule has 1 N–H and O–H groups in total. The molecule has 120 valence electrons. The number of rotatable bonds is 12. The van der Waals surface area contributed by atoms with Gasteiger partial charge in [0.25, 0.3) is 0 Å². The highest BCUT2D eigenvalue weighted by Gasteiger charge is 1.87. The SMILES string of the molecule is CC=CCC=CCC=CCC=CCC=CCC=CCC(=O)O. The van der Waals surface area contributed by atoms with E-state index in [4.69, 9.17) is 5.11 Å². The van der Waals surface area contributed by atoms with Gasteiger partial charge in [0, 0.05) is 0 Å². The summed E-state index contributed by atoms with van der Waals surface area (Å²) in [6.45, 7) is 2.03. The van der Waals surface area contributed by atoms with Gasteiger partial charge in [0.15, 0.2) is 0 Å². The molecule has 0 aromatic heterocycles. The van der Waals surface area contributed by atoms with Gasteiger partial charge in [-0.1, -0.05) is 72.9 Å². The summed E-state index contributed by atoms with van der Waals surface area (Å²) in [5.41, 5.74) is 0. The molecule has 0 radical (unpaired) electrons. The quantitative estimate of drug-likeness (QED) is 0.465. The molecule has 0 heterocycles. The van der Waals surface area contributed by atoms with Crippen LogP contribution in [0.25, 0.3) is 0 Å². The normalized spacial score (nSPS) is 13.1. The third kappa shape index (κ3) is 17.9. The number of aliphatic carboxylic acids is 1. The number of carbonyl (C=O) groups is 1. The highest BCUT2D eigenvalue weighted by atomic mass is 16.4. The van der Waals surface area contributed by atoms with Crippen LogP contribution < -0.4 is 0 Å². The Labute approximate surface area is 134 Å². The first kappa shape index (κ1) is 19.9. The molecular weight excluding hydrogens is 272 g/mol. The molecule has 22 heavy (non-hydrogen) atoms. The van der Waals surface area contributed by atoms with Crippen LogP contribution in [0.1, 0.15) is 45.4 Å². The van der Waals surface area contributed by atoms with Crippen LogP contribution in [0.4, 0.5) is 0 Å². The van der Waals surface area contributed by atoms with Crippen molar-refractivity contribution in [3.63, 3.8) is 0 Å². The van der Waals surface area contributed by atoms with E-state index in [1.54, 1.807) is 6.08 Å². The number of hydrogen-bond acceptors (Lipinski definition) is 1. The monoisotopic (exact) mass is 300 g/mol. The lowest BCUT2D eigenvalue weighted by Crippen LogP contribution is -1.89. The molecule has 0 aliphatic carbocycles. The Morgan fingerprint density at radius 1 is 0.636 bits per heavy atom. The van der Waals surface area contributed by atoms with Gasteiger partial charge in [-0.15, -0.1) is 0 Å². The van der Waals surface area contributed by atoms with E-state index in [2.05, 4.69) is 54.7 Å². The van der Waals surface area contributed by atoms with Gasteiger partial charge in [0.1, 0.15) is 0 Å². The summed E-state index contributed by atoms with van der Waals surface area (Å²) < 4.78 is 0. The maximum absolute atomic E-state index is 10.3. The molecule has 0 amide bonds. The summed E-state index contributed by atoms with van der Waals surface area (Å²) >= 11 is 0. The van der Waals surface area contributed by atoms with E-state index < -0.39 is 5.97 Å². The number of hydrogen-bond donors (Lipinski definition) is 1. The minimum Gasteiger partial charge on any atom is -0.481 e. The van der Waals surface area contributed by atoms with E-state index in [0.717, 1.165) is 32.1 Å². The Morgan fingerprint density at radius 3 is 1.27 bits per heavy atom. The molecule has 0 saturated heterocycles. The molecule has 0 saturated carbocycles. The molecule has 0 fully saturated rings. The van der Waals surface area contributed by atoms with Crippen LogP contribution in [0.15, 0.2) is 72.9 Å². The second-order valence-electron chi connectivity index (χ2n) is 4.70. The highest BCUT2D eigenvalue weighted by molar-refractivity contribution is 5.68. The van der Waals surface area contributed by atoms with Gasteiger partial charge in [0.05, 0.1) is 6.42 Å². The zero-order chi connectivity index (χ0) is 16.3. The van der Waals surface area contributed by atoms with E-state index in [1.165, 1.54) is 0 Å². The highest BCUT2D eigenvalue weighted by Crippen LogP contribution is 1.96. The largest absolute Gasteiger partial charge is 0.481 e. The molecule has 2 nitrogen and oxygen atoms in total. The maximum Gasteiger partial charge on any atom is 0.307 e. The maximum atomic E-state index is 10.3. The first-order valence-corrected chi connectivity index (χ1v) is 7.85. The molecule has 0 aromatic carbocycles. The average molecular weight is 300 g/mol. The van der Waals surface area contributed by atoms with Crippen LogP contribution in [0.3, 0.4) is 0 Å². The van der Waals surface area contributed by atoms with Crippen molar-refractivity contribution >= 4 is 5.97 Å². The van der Waals surface area contributed by atoms with Crippen molar-refractivity contribution < 1.29 is 9.90 Å². The van der Waals surface area contributed by atoms with Crippen LogP contribution >= 0.6 is 0 Å². The Bertz CT molecular complexity index is 435. The molecule has 0 aliphatic rings. The molecular formula is C20H28O2. The second kappa shape index (κ2) is 17.0. The van der Waals surface area contributed by atoms with Crippen molar-refractivity contribution in [1.29, 1.82) is 0 Å². The standard InChI is InChI=1S/C20H28O2/c1-2-3-4-5-6-7-8-9-10-11-12-13-14-15-16-17-18-19-20(21)22/h2-3,5-6,8-9,11-12,14-15,17-18H,4,7,10,13,16,19H2,1H3,(H,21,22). The minimum absolute atomic E-state index is 0.102. The summed E-state index contributed by atoms with van der Waals surface area (Å²) in [7, 11) is 0. The van der Waals surface area contributed by atoms with Crippen molar-refractivity contribution in [3.8, 4) is 0 Å². The zero-order valence-corrected chi connectivity index (χ0v) is 13.5. The van der Waals surface area contributed by atoms with E-state index >= 15 is 0 Å². The van der Waals surface area contributed by atoms with Crippen molar-refractivity contribution in [2.75, 3.05) is 0 Å². The predicted octanol–water partition coefficient (Wildman–Crippen LogP) is 5.77. The lowest BCUT2D eigenvalue weighted by atomic mass is 10.2. The molecule has 0 bridgehead atoms. The lowest BCUT2D eigenvalue weighted by Gasteiger charge is -1.86. The van der Waals surface area contributed by atoms with Gasteiger partial charge in [-0.05, 0) is 39.0 Å². The first-order chi connectivity index (χ1) is 10.8. The van der Waals surface area contributed by atoms with Crippen LogP contribution in [0.5, 0.6) is 0 Å². The second-order valence-corrected chi connectivity index (χ2v) is 4.70. The average Bonchev–Trinajstić information content (AvgIpc) is 2.50. The van der Waals surface area contributed by atoms with Gasteiger partial charge < -0.3 is 5.11 Å². The van der Waals surface area contributed by atoms with E-state index in [0.29, 0.717) is 0 Å².